The lowest BCUT2D eigenvalue weighted by Gasteiger charge is -2.34. The maximum atomic E-state index is 4.21. The molecule has 0 radical (unpaired) electrons. The first kappa shape index (κ1) is 8.05. The van der Waals surface area contributed by atoms with Gasteiger partial charge in [0.25, 0.3) is 0 Å². The van der Waals surface area contributed by atoms with Gasteiger partial charge in [-0.25, -0.2) is 0 Å². The third kappa shape index (κ3) is 1.22. The molecule has 1 aliphatic rings. The van der Waals surface area contributed by atoms with Crippen LogP contribution in [0, 0.1) is 6.92 Å². The normalized spacial score (nSPS) is 16.0. The number of hydrogen-bond donors (Lipinski definition) is 0. The minimum absolute atomic E-state index is 1.07. The van der Waals surface area contributed by atoms with Gasteiger partial charge in [0.05, 0.1) is 15.9 Å². The van der Waals surface area contributed by atoms with Crippen LogP contribution in [0.25, 0.3) is 0 Å². The first-order valence-corrected chi connectivity index (χ1v) is 4.94. The Balaban J connectivity index is 2.36. The molecule has 0 aliphatic carbocycles. The predicted octanol–water partition coefficient (Wildman–Crippen LogP) is 2.36. The second-order valence-electron chi connectivity index (χ2n) is 3.07. The average molecular weight is 227 g/mol. The molecule has 1 fully saturated rings. The summed E-state index contributed by atoms with van der Waals surface area (Å²) in [5, 5.41) is 0. The van der Waals surface area contributed by atoms with Crippen LogP contribution in [0.3, 0.4) is 0 Å². The van der Waals surface area contributed by atoms with Gasteiger partial charge in [-0.3, -0.25) is 4.98 Å². The van der Waals surface area contributed by atoms with E-state index < -0.39 is 0 Å². The topological polar surface area (TPSA) is 16.1 Å². The Morgan fingerprint density at radius 3 is 2.83 bits per heavy atom. The van der Waals surface area contributed by atoms with E-state index in [2.05, 4.69) is 31.9 Å². The molecule has 0 bridgehead atoms. The molecule has 1 aliphatic heterocycles. The number of halogens is 1. The highest BCUT2D eigenvalue weighted by atomic mass is 79.9. The molecule has 12 heavy (non-hydrogen) atoms. The minimum Gasteiger partial charge on any atom is -0.370 e. The van der Waals surface area contributed by atoms with Crippen molar-refractivity contribution in [3.8, 4) is 0 Å². The maximum absolute atomic E-state index is 4.21. The zero-order chi connectivity index (χ0) is 8.55. The molecule has 1 aromatic heterocycles. The first-order chi connectivity index (χ1) is 5.79. The van der Waals surface area contributed by atoms with Crippen LogP contribution in [0.5, 0.6) is 0 Å². The molecular formula is C9H11BrN2. The Morgan fingerprint density at radius 2 is 2.25 bits per heavy atom. The molecule has 0 amide bonds. The van der Waals surface area contributed by atoms with Crippen LogP contribution in [0.4, 0.5) is 5.69 Å². The van der Waals surface area contributed by atoms with Gasteiger partial charge >= 0.3 is 0 Å². The Kier molecular flexibility index (Phi) is 2.05. The van der Waals surface area contributed by atoms with Gasteiger partial charge in [0.1, 0.15) is 0 Å². The third-order valence-corrected chi connectivity index (χ3v) is 3.22. The fourth-order valence-electron chi connectivity index (χ4n) is 1.34. The van der Waals surface area contributed by atoms with Gasteiger partial charge in [-0.15, -0.1) is 0 Å². The van der Waals surface area contributed by atoms with E-state index in [0.29, 0.717) is 0 Å². The molecule has 0 atom stereocenters. The Labute approximate surface area is 80.7 Å². The van der Waals surface area contributed by atoms with Crippen molar-refractivity contribution in [2.24, 2.45) is 0 Å². The van der Waals surface area contributed by atoms with E-state index in [1.165, 1.54) is 25.2 Å². The summed E-state index contributed by atoms with van der Waals surface area (Å²) in [5.41, 5.74) is 2.35. The monoisotopic (exact) mass is 226 g/mol. The summed E-state index contributed by atoms with van der Waals surface area (Å²) in [6.45, 7) is 4.39. The highest BCUT2D eigenvalue weighted by Gasteiger charge is 2.17. The van der Waals surface area contributed by atoms with Gasteiger partial charge < -0.3 is 4.90 Å². The lowest BCUT2D eigenvalue weighted by atomic mass is 10.2. The number of hydrogen-bond acceptors (Lipinski definition) is 2. The van der Waals surface area contributed by atoms with E-state index in [0.717, 1.165) is 10.2 Å². The molecule has 0 unspecified atom stereocenters. The quantitative estimate of drug-likeness (QED) is 0.732. The molecule has 0 aromatic carbocycles. The lowest BCUT2D eigenvalue weighted by Crippen LogP contribution is -2.37. The van der Waals surface area contributed by atoms with E-state index in [1.807, 2.05) is 13.1 Å². The fraction of sp³-hybridized carbons (Fsp3) is 0.444. The largest absolute Gasteiger partial charge is 0.370 e. The summed E-state index contributed by atoms with van der Waals surface area (Å²) in [7, 11) is 0. The lowest BCUT2D eigenvalue weighted by molar-refractivity contribution is 0.616. The minimum atomic E-state index is 1.07. The van der Waals surface area contributed by atoms with Crippen LogP contribution in [-0.2, 0) is 0 Å². The number of aromatic nitrogens is 1. The van der Waals surface area contributed by atoms with Crippen molar-refractivity contribution in [3.05, 3.63) is 22.4 Å². The first-order valence-electron chi connectivity index (χ1n) is 4.15. The van der Waals surface area contributed by atoms with Crippen LogP contribution >= 0.6 is 15.9 Å². The average Bonchev–Trinajstić information content (AvgIpc) is 1.95. The summed E-state index contributed by atoms with van der Waals surface area (Å²) < 4.78 is 1.14. The number of aryl methyl sites for hydroxylation is 1. The molecule has 0 saturated carbocycles. The molecule has 3 heteroatoms. The Hall–Kier alpha value is -0.570. The van der Waals surface area contributed by atoms with Gasteiger partial charge in [0.2, 0.25) is 0 Å². The van der Waals surface area contributed by atoms with Gasteiger partial charge in [-0.2, -0.15) is 0 Å². The van der Waals surface area contributed by atoms with Crippen LogP contribution in [0.15, 0.2) is 16.7 Å². The molecule has 0 N–H and O–H groups in total. The molecule has 1 aromatic rings. The van der Waals surface area contributed by atoms with Crippen LogP contribution in [0.2, 0.25) is 0 Å². The van der Waals surface area contributed by atoms with Crippen molar-refractivity contribution in [1.82, 2.24) is 4.98 Å². The van der Waals surface area contributed by atoms with Crippen molar-refractivity contribution in [3.63, 3.8) is 0 Å². The van der Waals surface area contributed by atoms with Crippen molar-refractivity contribution in [2.75, 3.05) is 18.0 Å². The standard InChI is InChI=1S/C9H11BrN2/c1-7-9(10)8(3-4-11-7)12-5-2-6-12/h3-4H,2,5-6H2,1H3. The van der Waals surface area contributed by atoms with E-state index >= 15 is 0 Å². The number of rotatable bonds is 1. The Bertz CT molecular complexity index is 295. The van der Waals surface area contributed by atoms with Crippen LogP contribution in [-0.4, -0.2) is 18.1 Å². The van der Waals surface area contributed by atoms with Gasteiger partial charge in [0, 0.05) is 19.3 Å². The summed E-state index contributed by atoms with van der Waals surface area (Å²) in [6.07, 6.45) is 3.18. The molecular weight excluding hydrogens is 216 g/mol. The molecule has 0 spiro atoms. The number of nitrogens with zero attached hydrogens (tertiary/aromatic N) is 2. The van der Waals surface area contributed by atoms with E-state index in [4.69, 9.17) is 0 Å². The van der Waals surface area contributed by atoms with E-state index in [1.54, 1.807) is 0 Å². The highest BCUT2D eigenvalue weighted by molar-refractivity contribution is 9.10. The summed E-state index contributed by atoms with van der Waals surface area (Å²) in [4.78, 5) is 6.57. The van der Waals surface area contributed by atoms with Gasteiger partial charge in [0.15, 0.2) is 0 Å². The summed E-state index contributed by atoms with van der Waals surface area (Å²) in [5.74, 6) is 0. The van der Waals surface area contributed by atoms with Crippen molar-refractivity contribution >= 4 is 21.6 Å². The number of pyridine rings is 1. The SMILES string of the molecule is Cc1nccc(N2CCC2)c1Br. The predicted molar refractivity (Wildman–Crippen MR) is 53.5 cm³/mol. The van der Waals surface area contributed by atoms with Crippen molar-refractivity contribution in [2.45, 2.75) is 13.3 Å². The summed E-state index contributed by atoms with van der Waals surface area (Å²) in [6, 6.07) is 2.07. The molecule has 64 valence electrons. The zero-order valence-electron chi connectivity index (χ0n) is 7.05. The van der Waals surface area contributed by atoms with Crippen molar-refractivity contribution < 1.29 is 0 Å². The zero-order valence-corrected chi connectivity index (χ0v) is 8.63. The summed E-state index contributed by atoms with van der Waals surface area (Å²) >= 11 is 3.55. The highest BCUT2D eigenvalue weighted by Crippen LogP contribution is 2.30. The molecule has 2 heterocycles. The molecule has 1 saturated heterocycles. The van der Waals surface area contributed by atoms with E-state index in [9.17, 15) is 0 Å². The maximum Gasteiger partial charge on any atom is 0.0621 e. The third-order valence-electron chi connectivity index (χ3n) is 2.24. The second-order valence-corrected chi connectivity index (χ2v) is 3.86. The Morgan fingerprint density at radius 1 is 1.50 bits per heavy atom. The van der Waals surface area contributed by atoms with Crippen LogP contribution in [0.1, 0.15) is 12.1 Å². The second kappa shape index (κ2) is 3.05. The molecule has 2 nitrogen and oxygen atoms in total. The van der Waals surface area contributed by atoms with Gasteiger partial charge in [-0.05, 0) is 35.3 Å². The molecule has 2 rings (SSSR count). The van der Waals surface area contributed by atoms with Crippen molar-refractivity contribution in [1.29, 1.82) is 0 Å². The smallest absolute Gasteiger partial charge is 0.0621 e. The number of anilines is 1. The van der Waals surface area contributed by atoms with Crippen LogP contribution < -0.4 is 4.90 Å². The fourth-order valence-corrected chi connectivity index (χ4v) is 1.82. The van der Waals surface area contributed by atoms with E-state index in [-0.39, 0.29) is 0 Å². The van der Waals surface area contributed by atoms with Gasteiger partial charge in [-0.1, -0.05) is 0 Å².